The molecule has 0 bridgehead atoms. The molecule has 4 aromatic rings. The number of benzene rings is 3. The van der Waals surface area contributed by atoms with Gasteiger partial charge in [-0.05, 0) is 54.4 Å². The van der Waals surface area contributed by atoms with Gasteiger partial charge in [0.25, 0.3) is 0 Å². The highest BCUT2D eigenvalue weighted by atomic mass is 16.5. The van der Waals surface area contributed by atoms with Crippen LogP contribution in [0.1, 0.15) is 11.3 Å². The predicted molar refractivity (Wildman–Crippen MR) is 109 cm³/mol. The zero-order valence-corrected chi connectivity index (χ0v) is 15.9. The van der Waals surface area contributed by atoms with E-state index in [1.165, 1.54) is 0 Å². The van der Waals surface area contributed by atoms with Crippen LogP contribution in [0.5, 0.6) is 11.5 Å². The van der Waals surface area contributed by atoms with E-state index in [1.807, 2.05) is 73.7 Å². The van der Waals surface area contributed by atoms with Crippen LogP contribution >= 0.6 is 0 Å². The Hall–Kier alpha value is -3.53. The SMILES string of the molecule is COc1ccc(-c2noc(C)c2-c2ccc(OCc3ccccc3)cc2)cc1. The second-order valence-corrected chi connectivity index (χ2v) is 6.49. The molecular formula is C24H21NO3. The third-order valence-electron chi connectivity index (χ3n) is 4.62. The van der Waals surface area contributed by atoms with E-state index in [2.05, 4.69) is 17.3 Å². The summed E-state index contributed by atoms with van der Waals surface area (Å²) >= 11 is 0. The average molecular weight is 371 g/mol. The molecule has 0 unspecified atom stereocenters. The molecule has 4 nitrogen and oxygen atoms in total. The fourth-order valence-corrected chi connectivity index (χ4v) is 3.12. The summed E-state index contributed by atoms with van der Waals surface area (Å²) in [4.78, 5) is 0. The zero-order valence-electron chi connectivity index (χ0n) is 15.9. The monoisotopic (exact) mass is 371 g/mol. The van der Waals surface area contributed by atoms with Gasteiger partial charge in [-0.3, -0.25) is 0 Å². The van der Waals surface area contributed by atoms with Gasteiger partial charge in [0.1, 0.15) is 29.6 Å². The van der Waals surface area contributed by atoms with Crippen LogP contribution in [0.25, 0.3) is 22.4 Å². The molecule has 0 N–H and O–H groups in total. The largest absolute Gasteiger partial charge is 0.497 e. The quantitative estimate of drug-likeness (QED) is 0.423. The lowest BCUT2D eigenvalue weighted by Gasteiger charge is -2.08. The molecule has 0 saturated heterocycles. The van der Waals surface area contributed by atoms with Crippen LogP contribution in [-0.2, 0) is 6.61 Å². The summed E-state index contributed by atoms with van der Waals surface area (Å²) in [5.41, 5.74) is 4.97. The minimum atomic E-state index is 0.545. The smallest absolute Gasteiger partial charge is 0.142 e. The molecule has 0 amide bonds. The molecule has 28 heavy (non-hydrogen) atoms. The Morgan fingerprint density at radius 2 is 1.43 bits per heavy atom. The number of nitrogens with zero attached hydrogens (tertiary/aromatic N) is 1. The first-order valence-corrected chi connectivity index (χ1v) is 9.12. The number of hydrogen-bond acceptors (Lipinski definition) is 4. The maximum absolute atomic E-state index is 5.88. The van der Waals surface area contributed by atoms with Gasteiger partial charge < -0.3 is 14.0 Å². The van der Waals surface area contributed by atoms with E-state index in [9.17, 15) is 0 Å². The van der Waals surface area contributed by atoms with Crippen molar-refractivity contribution in [2.24, 2.45) is 0 Å². The number of hydrogen-bond donors (Lipinski definition) is 0. The molecule has 0 aliphatic heterocycles. The Morgan fingerprint density at radius 1 is 0.786 bits per heavy atom. The molecule has 1 heterocycles. The van der Waals surface area contributed by atoms with Crippen LogP contribution < -0.4 is 9.47 Å². The molecule has 0 fully saturated rings. The third kappa shape index (κ3) is 3.76. The lowest BCUT2D eigenvalue weighted by atomic mass is 9.99. The van der Waals surface area contributed by atoms with Crippen molar-refractivity contribution >= 4 is 0 Å². The first-order valence-electron chi connectivity index (χ1n) is 9.12. The van der Waals surface area contributed by atoms with Gasteiger partial charge >= 0.3 is 0 Å². The van der Waals surface area contributed by atoms with Gasteiger partial charge in [0.05, 0.1) is 12.7 Å². The van der Waals surface area contributed by atoms with E-state index >= 15 is 0 Å². The summed E-state index contributed by atoms with van der Waals surface area (Å²) in [6, 6.07) is 26.0. The van der Waals surface area contributed by atoms with Crippen molar-refractivity contribution in [1.82, 2.24) is 5.16 Å². The standard InChI is InChI=1S/C24H21NO3/c1-17-23(24(25-28-17)20-10-12-21(26-2)13-11-20)19-8-14-22(15-9-19)27-16-18-6-4-3-5-7-18/h3-15H,16H2,1-2H3. The molecule has 4 heteroatoms. The van der Waals surface area contributed by atoms with Crippen LogP contribution in [0.15, 0.2) is 83.4 Å². The molecule has 140 valence electrons. The molecule has 0 aliphatic rings. The Labute approximate surface area is 164 Å². The van der Waals surface area contributed by atoms with Crippen molar-refractivity contribution in [3.05, 3.63) is 90.2 Å². The lowest BCUT2D eigenvalue weighted by molar-refractivity contribution is 0.306. The molecular weight excluding hydrogens is 350 g/mol. The second-order valence-electron chi connectivity index (χ2n) is 6.49. The fourth-order valence-electron chi connectivity index (χ4n) is 3.12. The summed E-state index contributed by atoms with van der Waals surface area (Å²) in [7, 11) is 1.65. The molecule has 0 atom stereocenters. The van der Waals surface area contributed by atoms with Gasteiger partial charge in [-0.15, -0.1) is 0 Å². The summed E-state index contributed by atoms with van der Waals surface area (Å²) < 4.78 is 16.6. The van der Waals surface area contributed by atoms with Crippen molar-refractivity contribution in [2.45, 2.75) is 13.5 Å². The van der Waals surface area contributed by atoms with Crippen LogP contribution in [0.4, 0.5) is 0 Å². The van der Waals surface area contributed by atoms with Crippen molar-refractivity contribution < 1.29 is 14.0 Å². The zero-order chi connectivity index (χ0) is 19.3. The van der Waals surface area contributed by atoms with Crippen molar-refractivity contribution in [2.75, 3.05) is 7.11 Å². The van der Waals surface area contributed by atoms with Gasteiger partial charge in [0.15, 0.2) is 0 Å². The predicted octanol–water partition coefficient (Wildman–Crippen LogP) is 5.90. The highest BCUT2D eigenvalue weighted by Gasteiger charge is 2.16. The summed E-state index contributed by atoms with van der Waals surface area (Å²) in [6.07, 6.45) is 0. The summed E-state index contributed by atoms with van der Waals surface area (Å²) in [5.74, 6) is 2.42. The van der Waals surface area contributed by atoms with Crippen molar-refractivity contribution in [3.63, 3.8) is 0 Å². The van der Waals surface area contributed by atoms with Gasteiger partial charge in [0.2, 0.25) is 0 Å². The van der Waals surface area contributed by atoms with E-state index in [0.29, 0.717) is 6.61 Å². The molecule has 1 aromatic heterocycles. The molecule has 4 rings (SSSR count). The maximum atomic E-state index is 5.88. The van der Waals surface area contributed by atoms with E-state index in [-0.39, 0.29) is 0 Å². The number of ether oxygens (including phenoxy) is 2. The van der Waals surface area contributed by atoms with Gasteiger partial charge in [-0.2, -0.15) is 0 Å². The third-order valence-corrected chi connectivity index (χ3v) is 4.62. The van der Waals surface area contributed by atoms with Gasteiger partial charge in [-0.25, -0.2) is 0 Å². The number of aryl methyl sites for hydroxylation is 1. The minimum Gasteiger partial charge on any atom is -0.497 e. The van der Waals surface area contributed by atoms with E-state index in [0.717, 1.165) is 45.2 Å². The molecule has 3 aromatic carbocycles. The second kappa shape index (κ2) is 8.01. The average Bonchev–Trinajstić information content (AvgIpc) is 3.15. The normalized spacial score (nSPS) is 10.6. The molecule has 0 saturated carbocycles. The van der Waals surface area contributed by atoms with Crippen LogP contribution in [0, 0.1) is 6.92 Å². The number of aromatic nitrogens is 1. The first-order chi connectivity index (χ1) is 13.7. The highest BCUT2D eigenvalue weighted by Crippen LogP contribution is 2.35. The molecule has 0 spiro atoms. The van der Waals surface area contributed by atoms with Gasteiger partial charge in [-0.1, -0.05) is 47.6 Å². The Morgan fingerprint density at radius 3 is 2.11 bits per heavy atom. The minimum absolute atomic E-state index is 0.545. The maximum Gasteiger partial charge on any atom is 0.142 e. The van der Waals surface area contributed by atoms with Crippen LogP contribution in [0.3, 0.4) is 0 Å². The summed E-state index contributed by atoms with van der Waals surface area (Å²) in [5, 5.41) is 4.27. The highest BCUT2D eigenvalue weighted by molar-refractivity contribution is 5.82. The van der Waals surface area contributed by atoms with Crippen molar-refractivity contribution in [1.29, 1.82) is 0 Å². The van der Waals surface area contributed by atoms with E-state index in [1.54, 1.807) is 7.11 Å². The molecule has 0 aliphatic carbocycles. The number of rotatable bonds is 6. The van der Waals surface area contributed by atoms with E-state index in [4.69, 9.17) is 14.0 Å². The lowest BCUT2D eigenvalue weighted by Crippen LogP contribution is -1.94. The Kier molecular flexibility index (Phi) is 5.11. The Balaban J connectivity index is 1.56. The topological polar surface area (TPSA) is 44.5 Å². The van der Waals surface area contributed by atoms with Gasteiger partial charge in [0, 0.05) is 5.56 Å². The summed E-state index contributed by atoms with van der Waals surface area (Å²) in [6.45, 7) is 2.47. The Bertz CT molecular complexity index is 1040. The fraction of sp³-hybridized carbons (Fsp3) is 0.125. The number of methoxy groups -OCH3 is 1. The van der Waals surface area contributed by atoms with Crippen molar-refractivity contribution in [3.8, 4) is 33.9 Å². The first kappa shape index (κ1) is 17.9. The van der Waals surface area contributed by atoms with Crippen LogP contribution in [0.2, 0.25) is 0 Å². The van der Waals surface area contributed by atoms with Crippen LogP contribution in [-0.4, -0.2) is 12.3 Å². The molecule has 0 radical (unpaired) electrons. The van der Waals surface area contributed by atoms with E-state index < -0.39 is 0 Å².